The Bertz CT molecular complexity index is 357. The van der Waals surface area contributed by atoms with E-state index in [1.807, 2.05) is 30.3 Å². The van der Waals surface area contributed by atoms with E-state index in [2.05, 4.69) is 10.8 Å². The molecule has 1 saturated heterocycles. The van der Waals surface area contributed by atoms with Crippen LogP contribution in [0, 0.1) is 0 Å². The van der Waals surface area contributed by atoms with Gasteiger partial charge in [-0.1, -0.05) is 30.3 Å². The van der Waals surface area contributed by atoms with Crippen LogP contribution in [0.25, 0.3) is 11.1 Å². The number of benzene rings is 1. The fourth-order valence-electron chi connectivity index (χ4n) is 2.03. The molecule has 1 heterocycles. The third-order valence-electron chi connectivity index (χ3n) is 2.83. The summed E-state index contributed by atoms with van der Waals surface area (Å²) in [7, 11) is 0. The molecular weight excluding hydrogens is 184 g/mol. The third kappa shape index (κ3) is 2.28. The Kier molecular flexibility index (Phi) is 3.21. The van der Waals surface area contributed by atoms with Gasteiger partial charge in [-0.05, 0) is 19.3 Å². The van der Waals surface area contributed by atoms with Gasteiger partial charge in [0.2, 0.25) is 0 Å². The van der Waals surface area contributed by atoms with Crippen molar-refractivity contribution < 1.29 is 0 Å². The molecule has 0 aromatic heterocycles. The molecule has 2 heteroatoms. The number of likely N-dealkylation sites (tertiary alicyclic amines) is 1. The molecule has 2 nitrogen and oxygen atoms in total. The number of hydrogen-bond donors (Lipinski definition) is 0. The minimum absolute atomic E-state index is 0.829. The maximum absolute atomic E-state index is 9.20. The molecule has 1 fully saturated rings. The molecule has 15 heavy (non-hydrogen) atoms. The standard InChI is InChI=1S/C13H15N2/c14-11-13(12-7-3-1-4-8-12)15-9-5-2-6-10-15/h1,3-4,7-8H,2,5-6,9-10H2/q-1. The summed E-state index contributed by atoms with van der Waals surface area (Å²) in [6.07, 6.45) is 3.71. The van der Waals surface area contributed by atoms with Gasteiger partial charge in [-0.2, -0.15) is 0 Å². The maximum Gasteiger partial charge on any atom is 0.0638 e. The quantitative estimate of drug-likeness (QED) is 0.672. The van der Waals surface area contributed by atoms with Crippen molar-refractivity contribution >= 4 is 11.6 Å². The van der Waals surface area contributed by atoms with Crippen molar-refractivity contribution in [2.45, 2.75) is 19.3 Å². The minimum Gasteiger partial charge on any atom is -0.762 e. The van der Waals surface area contributed by atoms with Crippen molar-refractivity contribution in [3.05, 3.63) is 41.3 Å². The van der Waals surface area contributed by atoms with Gasteiger partial charge < -0.3 is 10.3 Å². The summed E-state index contributed by atoms with van der Waals surface area (Å²) < 4.78 is 0. The molecular formula is C13H15N2-. The van der Waals surface area contributed by atoms with Crippen molar-refractivity contribution in [3.8, 4) is 0 Å². The van der Waals surface area contributed by atoms with Crippen molar-refractivity contribution in [1.29, 1.82) is 0 Å². The van der Waals surface area contributed by atoms with E-state index in [9.17, 15) is 5.41 Å². The predicted octanol–water partition coefficient (Wildman–Crippen LogP) is 2.75. The SMILES string of the molecule is [N-]=C=C(c1ccccc1)N1CCCCC1. The molecule has 0 radical (unpaired) electrons. The molecule has 2 rings (SSSR count). The Morgan fingerprint density at radius 1 is 1.07 bits per heavy atom. The minimum atomic E-state index is 0.829. The summed E-state index contributed by atoms with van der Waals surface area (Å²) in [5.41, 5.74) is 1.87. The van der Waals surface area contributed by atoms with Crippen LogP contribution in [-0.4, -0.2) is 23.9 Å². The zero-order valence-electron chi connectivity index (χ0n) is 8.82. The molecule has 0 atom stereocenters. The first-order chi connectivity index (χ1) is 7.42. The summed E-state index contributed by atoms with van der Waals surface area (Å²) in [5.74, 6) is 2.33. The molecule has 0 amide bonds. The highest BCUT2D eigenvalue weighted by molar-refractivity contribution is 5.90. The topological polar surface area (TPSA) is 25.5 Å². The summed E-state index contributed by atoms with van der Waals surface area (Å²) in [4.78, 5) is 2.21. The van der Waals surface area contributed by atoms with Crippen LogP contribution < -0.4 is 0 Å². The second-order valence-electron chi connectivity index (χ2n) is 3.87. The average molecular weight is 199 g/mol. The van der Waals surface area contributed by atoms with Gasteiger partial charge in [0.25, 0.3) is 0 Å². The Labute approximate surface area is 90.7 Å². The third-order valence-corrected chi connectivity index (χ3v) is 2.83. The van der Waals surface area contributed by atoms with Crippen LogP contribution in [0.1, 0.15) is 24.8 Å². The lowest BCUT2D eigenvalue weighted by atomic mass is 10.1. The number of piperidine rings is 1. The molecule has 0 aliphatic carbocycles. The van der Waals surface area contributed by atoms with E-state index < -0.39 is 0 Å². The summed E-state index contributed by atoms with van der Waals surface area (Å²) in [6.45, 7) is 2.05. The van der Waals surface area contributed by atoms with Crippen LogP contribution in [0.3, 0.4) is 0 Å². The van der Waals surface area contributed by atoms with Crippen molar-refractivity contribution in [2.24, 2.45) is 0 Å². The molecule has 1 aromatic carbocycles. The fourth-order valence-corrected chi connectivity index (χ4v) is 2.03. The van der Waals surface area contributed by atoms with Crippen LogP contribution in [-0.2, 0) is 0 Å². The zero-order chi connectivity index (χ0) is 10.5. The van der Waals surface area contributed by atoms with Crippen LogP contribution >= 0.6 is 0 Å². The van der Waals surface area contributed by atoms with Crippen molar-refractivity contribution in [3.63, 3.8) is 0 Å². The molecule has 1 aliphatic heterocycles. The summed E-state index contributed by atoms with van der Waals surface area (Å²) in [6, 6.07) is 9.96. The van der Waals surface area contributed by atoms with Crippen molar-refractivity contribution in [1.82, 2.24) is 4.90 Å². The molecule has 0 bridgehead atoms. The maximum atomic E-state index is 9.20. The Morgan fingerprint density at radius 2 is 1.73 bits per heavy atom. The van der Waals surface area contributed by atoms with Gasteiger partial charge in [0.15, 0.2) is 0 Å². The van der Waals surface area contributed by atoms with Gasteiger partial charge in [-0.3, -0.25) is 0 Å². The highest BCUT2D eigenvalue weighted by Crippen LogP contribution is 2.20. The Hall–Kier alpha value is -1.53. The van der Waals surface area contributed by atoms with Crippen LogP contribution in [0.4, 0.5) is 0 Å². The van der Waals surface area contributed by atoms with Gasteiger partial charge in [-0.25, -0.2) is 5.87 Å². The molecule has 1 aromatic rings. The van der Waals surface area contributed by atoms with E-state index in [-0.39, 0.29) is 0 Å². The Morgan fingerprint density at radius 3 is 2.33 bits per heavy atom. The van der Waals surface area contributed by atoms with Gasteiger partial charge in [0.05, 0.1) is 5.70 Å². The number of nitrogens with zero attached hydrogens (tertiary/aromatic N) is 2. The normalized spacial score (nSPS) is 15.9. The molecule has 78 valence electrons. The van der Waals surface area contributed by atoms with Crippen molar-refractivity contribution in [2.75, 3.05) is 13.1 Å². The van der Waals surface area contributed by atoms with Gasteiger partial charge in [0, 0.05) is 18.7 Å². The Balaban J connectivity index is 2.21. The zero-order valence-corrected chi connectivity index (χ0v) is 8.82. The first-order valence-corrected chi connectivity index (χ1v) is 5.49. The lowest BCUT2D eigenvalue weighted by molar-refractivity contribution is 0.328. The lowest BCUT2D eigenvalue weighted by Gasteiger charge is -2.30. The van der Waals surface area contributed by atoms with Crippen LogP contribution in [0.5, 0.6) is 0 Å². The van der Waals surface area contributed by atoms with E-state index in [1.54, 1.807) is 0 Å². The van der Waals surface area contributed by atoms with Gasteiger partial charge in [0.1, 0.15) is 0 Å². The largest absolute Gasteiger partial charge is 0.762 e. The number of hydrogen-bond acceptors (Lipinski definition) is 1. The summed E-state index contributed by atoms with van der Waals surface area (Å²) in [5, 5.41) is 9.20. The first kappa shape index (κ1) is 10.0. The van der Waals surface area contributed by atoms with E-state index in [1.165, 1.54) is 19.3 Å². The fraction of sp³-hybridized carbons (Fsp3) is 0.385. The molecule has 0 unspecified atom stereocenters. The van der Waals surface area contributed by atoms with Gasteiger partial charge in [-0.15, -0.1) is 0 Å². The molecule has 0 spiro atoms. The van der Waals surface area contributed by atoms with E-state index in [0.29, 0.717) is 0 Å². The smallest absolute Gasteiger partial charge is 0.0638 e. The predicted molar refractivity (Wildman–Crippen MR) is 63.6 cm³/mol. The van der Waals surface area contributed by atoms with E-state index in [0.717, 1.165) is 24.4 Å². The first-order valence-electron chi connectivity index (χ1n) is 5.49. The average Bonchev–Trinajstić information content (AvgIpc) is 2.33. The van der Waals surface area contributed by atoms with Gasteiger partial charge >= 0.3 is 0 Å². The van der Waals surface area contributed by atoms with E-state index in [4.69, 9.17) is 0 Å². The van der Waals surface area contributed by atoms with Crippen LogP contribution in [0.15, 0.2) is 30.3 Å². The van der Waals surface area contributed by atoms with E-state index >= 15 is 0 Å². The second-order valence-corrected chi connectivity index (χ2v) is 3.87. The molecule has 0 saturated carbocycles. The summed E-state index contributed by atoms with van der Waals surface area (Å²) >= 11 is 0. The highest BCUT2D eigenvalue weighted by atomic mass is 15.1. The second kappa shape index (κ2) is 4.81. The monoisotopic (exact) mass is 199 g/mol. The molecule has 1 aliphatic rings. The lowest BCUT2D eigenvalue weighted by Crippen LogP contribution is -2.28. The highest BCUT2D eigenvalue weighted by Gasteiger charge is 2.12. The van der Waals surface area contributed by atoms with Crippen LogP contribution in [0.2, 0.25) is 0 Å². The molecule has 0 N–H and O–H groups in total. The number of rotatable bonds is 2.